The fourth-order valence-corrected chi connectivity index (χ4v) is 2.41. The third kappa shape index (κ3) is 4.78. The molecule has 0 atom stereocenters. The zero-order valence-corrected chi connectivity index (χ0v) is 10.3. The molecule has 2 fully saturated rings. The lowest BCUT2D eigenvalue weighted by molar-refractivity contribution is 0.285. The van der Waals surface area contributed by atoms with Crippen LogP contribution in [-0.4, -0.2) is 25.2 Å². The molecule has 0 aromatic rings. The summed E-state index contributed by atoms with van der Waals surface area (Å²) in [5.41, 5.74) is 21.9. The third-order valence-corrected chi connectivity index (χ3v) is 3.84. The van der Waals surface area contributed by atoms with Crippen molar-refractivity contribution in [2.24, 2.45) is 34.8 Å². The van der Waals surface area contributed by atoms with Gasteiger partial charge in [-0.05, 0) is 63.5 Å². The molecule has 16 heavy (non-hydrogen) atoms. The van der Waals surface area contributed by atoms with E-state index in [-0.39, 0.29) is 0 Å². The molecule has 4 heteroatoms. The van der Waals surface area contributed by atoms with Gasteiger partial charge >= 0.3 is 0 Å². The monoisotopic (exact) mass is 228 g/mol. The van der Waals surface area contributed by atoms with E-state index in [9.17, 15) is 0 Å². The molecule has 0 saturated heterocycles. The van der Waals surface area contributed by atoms with Crippen molar-refractivity contribution in [3.8, 4) is 0 Å². The van der Waals surface area contributed by atoms with Crippen molar-refractivity contribution >= 4 is 0 Å². The van der Waals surface area contributed by atoms with E-state index in [1.54, 1.807) is 0 Å². The summed E-state index contributed by atoms with van der Waals surface area (Å²) in [4.78, 5) is 0. The summed E-state index contributed by atoms with van der Waals surface area (Å²) in [5.74, 6) is 1.59. The molecular formula is C12H28N4. The van der Waals surface area contributed by atoms with Crippen LogP contribution in [0.2, 0.25) is 0 Å². The third-order valence-electron chi connectivity index (χ3n) is 3.84. The first-order chi connectivity index (χ1) is 7.65. The molecule has 0 aromatic carbocycles. The quantitative estimate of drug-likeness (QED) is 0.540. The number of hydrogen-bond acceptors (Lipinski definition) is 4. The van der Waals surface area contributed by atoms with Gasteiger partial charge in [0.2, 0.25) is 0 Å². The van der Waals surface area contributed by atoms with E-state index in [0.29, 0.717) is 12.1 Å². The summed E-state index contributed by atoms with van der Waals surface area (Å²) < 4.78 is 0. The molecule has 96 valence electrons. The summed E-state index contributed by atoms with van der Waals surface area (Å²) in [5, 5.41) is 0. The van der Waals surface area contributed by atoms with Crippen LogP contribution in [0.1, 0.15) is 38.5 Å². The Bertz CT molecular complexity index is 154. The Balaban J connectivity index is 0.000000181. The second kappa shape index (κ2) is 7.22. The number of rotatable bonds is 2. The Morgan fingerprint density at radius 2 is 1.00 bits per heavy atom. The molecular weight excluding hydrogens is 200 g/mol. The van der Waals surface area contributed by atoms with Crippen LogP contribution in [0.4, 0.5) is 0 Å². The standard InChI is InChI=1S/C8H18N2.C4H10N2/c9-5-7-1-2-8(6-10)4-3-7;5-3-1-4(6)2-3/h7-8H,1-6,9-10H2;3-4H,1-2,5-6H2. The smallest absolute Gasteiger partial charge is 0.00683 e. The normalized spacial score (nSPS) is 38.2. The molecule has 2 aliphatic rings. The Kier molecular flexibility index (Phi) is 6.28. The maximum Gasteiger partial charge on any atom is 0.00683 e. The van der Waals surface area contributed by atoms with Gasteiger partial charge in [0.25, 0.3) is 0 Å². The number of nitrogens with two attached hydrogens (primary N) is 4. The highest BCUT2D eigenvalue weighted by Gasteiger charge is 2.20. The summed E-state index contributed by atoms with van der Waals surface area (Å²) in [6.45, 7) is 1.74. The van der Waals surface area contributed by atoms with Gasteiger partial charge in [0.05, 0.1) is 0 Å². The fraction of sp³-hybridized carbons (Fsp3) is 1.00. The van der Waals surface area contributed by atoms with E-state index in [0.717, 1.165) is 37.8 Å². The minimum Gasteiger partial charge on any atom is -0.330 e. The second-order valence-corrected chi connectivity index (χ2v) is 5.35. The predicted molar refractivity (Wildman–Crippen MR) is 68.7 cm³/mol. The van der Waals surface area contributed by atoms with Gasteiger partial charge < -0.3 is 22.9 Å². The molecule has 0 unspecified atom stereocenters. The van der Waals surface area contributed by atoms with Crippen LogP contribution in [-0.2, 0) is 0 Å². The summed E-state index contributed by atoms with van der Waals surface area (Å²) in [6, 6.07) is 0.833. The maximum absolute atomic E-state index is 5.56. The molecule has 2 aliphatic carbocycles. The van der Waals surface area contributed by atoms with Crippen LogP contribution in [0.25, 0.3) is 0 Å². The minimum absolute atomic E-state index is 0.417. The van der Waals surface area contributed by atoms with Gasteiger partial charge in [0.1, 0.15) is 0 Å². The van der Waals surface area contributed by atoms with Crippen LogP contribution in [0, 0.1) is 11.8 Å². The van der Waals surface area contributed by atoms with Crippen LogP contribution >= 0.6 is 0 Å². The van der Waals surface area contributed by atoms with Crippen LogP contribution in [0.5, 0.6) is 0 Å². The molecule has 0 aliphatic heterocycles. The molecule has 4 nitrogen and oxygen atoms in total. The van der Waals surface area contributed by atoms with E-state index in [4.69, 9.17) is 22.9 Å². The zero-order chi connectivity index (χ0) is 12.0. The molecule has 0 aromatic heterocycles. The van der Waals surface area contributed by atoms with Gasteiger partial charge in [-0.3, -0.25) is 0 Å². The van der Waals surface area contributed by atoms with Crippen molar-refractivity contribution in [2.45, 2.75) is 50.6 Å². The molecule has 2 saturated carbocycles. The lowest BCUT2D eigenvalue weighted by atomic mass is 9.82. The topological polar surface area (TPSA) is 104 Å². The van der Waals surface area contributed by atoms with Gasteiger partial charge in [-0.25, -0.2) is 0 Å². The van der Waals surface area contributed by atoms with Crippen molar-refractivity contribution in [3.63, 3.8) is 0 Å². The first kappa shape index (κ1) is 13.9. The second-order valence-electron chi connectivity index (χ2n) is 5.35. The highest BCUT2D eigenvalue weighted by molar-refractivity contribution is 4.84. The van der Waals surface area contributed by atoms with Crippen molar-refractivity contribution in [1.29, 1.82) is 0 Å². The minimum atomic E-state index is 0.417. The van der Waals surface area contributed by atoms with Gasteiger partial charge in [-0.15, -0.1) is 0 Å². The Morgan fingerprint density at radius 3 is 1.12 bits per heavy atom. The SMILES string of the molecule is NC1CC(N)C1.NCC1CCC(CN)CC1. The maximum atomic E-state index is 5.56. The summed E-state index contributed by atoms with van der Waals surface area (Å²) in [6.07, 6.45) is 7.27. The molecule has 2 rings (SSSR count). The molecule has 0 radical (unpaired) electrons. The van der Waals surface area contributed by atoms with Crippen LogP contribution < -0.4 is 22.9 Å². The van der Waals surface area contributed by atoms with Crippen molar-refractivity contribution in [3.05, 3.63) is 0 Å². The first-order valence-electron chi connectivity index (χ1n) is 6.57. The molecule has 0 amide bonds. The Morgan fingerprint density at radius 1 is 0.688 bits per heavy atom. The van der Waals surface area contributed by atoms with Crippen molar-refractivity contribution < 1.29 is 0 Å². The van der Waals surface area contributed by atoms with Crippen LogP contribution in [0.3, 0.4) is 0 Å². The van der Waals surface area contributed by atoms with E-state index in [1.807, 2.05) is 0 Å². The van der Waals surface area contributed by atoms with Crippen molar-refractivity contribution in [2.75, 3.05) is 13.1 Å². The molecule has 8 N–H and O–H groups in total. The van der Waals surface area contributed by atoms with E-state index >= 15 is 0 Å². The highest BCUT2D eigenvalue weighted by Crippen LogP contribution is 2.26. The number of hydrogen-bond donors (Lipinski definition) is 4. The molecule has 0 spiro atoms. The first-order valence-corrected chi connectivity index (χ1v) is 6.57. The summed E-state index contributed by atoms with van der Waals surface area (Å²) >= 11 is 0. The lowest BCUT2D eigenvalue weighted by Crippen LogP contribution is -2.45. The Hall–Kier alpha value is -0.160. The van der Waals surface area contributed by atoms with E-state index < -0.39 is 0 Å². The van der Waals surface area contributed by atoms with Crippen LogP contribution in [0.15, 0.2) is 0 Å². The average molecular weight is 228 g/mol. The molecule has 0 bridgehead atoms. The largest absolute Gasteiger partial charge is 0.330 e. The molecule has 0 heterocycles. The average Bonchev–Trinajstić information content (AvgIpc) is 2.28. The van der Waals surface area contributed by atoms with Gasteiger partial charge in [0.15, 0.2) is 0 Å². The van der Waals surface area contributed by atoms with E-state index in [2.05, 4.69) is 0 Å². The fourth-order valence-electron chi connectivity index (χ4n) is 2.41. The highest BCUT2D eigenvalue weighted by atomic mass is 14.8. The van der Waals surface area contributed by atoms with Gasteiger partial charge in [-0.1, -0.05) is 0 Å². The Labute approximate surface area is 99.1 Å². The predicted octanol–water partition coefficient (Wildman–Crippen LogP) is 0.145. The van der Waals surface area contributed by atoms with Crippen molar-refractivity contribution in [1.82, 2.24) is 0 Å². The lowest BCUT2D eigenvalue weighted by Gasteiger charge is -2.28. The van der Waals surface area contributed by atoms with Gasteiger partial charge in [-0.2, -0.15) is 0 Å². The van der Waals surface area contributed by atoms with E-state index in [1.165, 1.54) is 25.7 Å². The zero-order valence-electron chi connectivity index (χ0n) is 10.3. The van der Waals surface area contributed by atoms with Gasteiger partial charge in [0, 0.05) is 12.1 Å². The summed E-state index contributed by atoms with van der Waals surface area (Å²) in [7, 11) is 0.